The first-order valence-corrected chi connectivity index (χ1v) is 9.82. The van der Waals surface area contributed by atoms with Crippen molar-refractivity contribution in [1.82, 2.24) is 0 Å². The molecule has 2 aromatic carbocycles. The average molecular weight is 413 g/mol. The zero-order valence-electron chi connectivity index (χ0n) is 17.2. The lowest BCUT2D eigenvalue weighted by atomic mass is 9.79. The number of benzene rings is 2. The highest BCUT2D eigenvalue weighted by Crippen LogP contribution is 2.48. The van der Waals surface area contributed by atoms with E-state index < -0.39 is 4.92 Å². The lowest BCUT2D eigenvalue weighted by Crippen LogP contribution is -2.27. The van der Waals surface area contributed by atoms with E-state index in [1.807, 2.05) is 30.1 Å². The lowest BCUT2D eigenvalue weighted by molar-refractivity contribution is -0.384. The number of ketones is 1. The number of aliphatic hydroxyl groups excluding tert-OH is 1. The summed E-state index contributed by atoms with van der Waals surface area (Å²) in [5, 5.41) is 21.9. The minimum Gasteiger partial charge on any atom is -0.506 e. The molecule has 1 N–H and O–H groups in total. The van der Waals surface area contributed by atoms with Crippen LogP contribution in [-0.4, -0.2) is 29.1 Å². The van der Waals surface area contributed by atoms with Crippen molar-refractivity contribution in [3.63, 3.8) is 0 Å². The van der Waals surface area contributed by atoms with Gasteiger partial charge in [-0.2, -0.15) is 0 Å². The van der Waals surface area contributed by atoms with Crippen LogP contribution >= 0.6 is 0 Å². The Morgan fingerprint density at radius 1 is 1.19 bits per heavy atom. The van der Waals surface area contributed by atoms with Crippen LogP contribution in [0.15, 0.2) is 76.1 Å². The maximum Gasteiger partial charge on any atom is 0.270 e. The average Bonchev–Trinajstić information content (AvgIpc) is 3.23. The lowest BCUT2D eigenvalue weighted by Gasteiger charge is -2.27. The van der Waals surface area contributed by atoms with Crippen molar-refractivity contribution in [2.24, 2.45) is 4.99 Å². The Labute approximate surface area is 178 Å². The molecule has 0 bridgehead atoms. The van der Waals surface area contributed by atoms with E-state index in [4.69, 9.17) is 0 Å². The number of nitrogens with zero attached hydrogens (tertiary/aromatic N) is 3. The second-order valence-electron chi connectivity index (χ2n) is 8.33. The SMILES string of the molecule is CN1C(=CC2=C(O)C(=C3C=Nc4ccc([N+](=O)[O-])cc43)C2=O)C(C)(C)c2ccccc21. The van der Waals surface area contributed by atoms with Gasteiger partial charge in [0.2, 0.25) is 5.78 Å². The number of nitro benzene ring substituents is 1. The maximum absolute atomic E-state index is 13.0. The van der Waals surface area contributed by atoms with E-state index >= 15 is 0 Å². The van der Waals surface area contributed by atoms with Crippen LogP contribution in [0.25, 0.3) is 5.57 Å². The van der Waals surface area contributed by atoms with E-state index in [2.05, 4.69) is 24.9 Å². The second-order valence-corrected chi connectivity index (χ2v) is 8.33. The summed E-state index contributed by atoms with van der Waals surface area (Å²) >= 11 is 0. The molecule has 0 atom stereocenters. The molecule has 0 fully saturated rings. The summed E-state index contributed by atoms with van der Waals surface area (Å²) < 4.78 is 0. The maximum atomic E-state index is 13.0. The number of non-ortho nitro benzene ring substituents is 1. The molecule has 154 valence electrons. The van der Waals surface area contributed by atoms with Gasteiger partial charge in [-0.05, 0) is 23.8 Å². The molecule has 1 aliphatic carbocycles. The highest BCUT2D eigenvalue weighted by molar-refractivity contribution is 6.33. The third kappa shape index (κ3) is 2.53. The van der Waals surface area contributed by atoms with E-state index in [0.29, 0.717) is 16.8 Å². The van der Waals surface area contributed by atoms with Crippen LogP contribution < -0.4 is 4.90 Å². The molecule has 2 aliphatic heterocycles. The molecule has 0 aromatic heterocycles. The van der Waals surface area contributed by atoms with Crippen LogP contribution in [0.1, 0.15) is 25.0 Å². The summed E-state index contributed by atoms with van der Waals surface area (Å²) in [4.78, 5) is 29.9. The number of carbonyl (C=O) groups excluding carboxylic acids is 1. The molecule has 31 heavy (non-hydrogen) atoms. The zero-order chi connectivity index (χ0) is 22.1. The number of aliphatic hydroxyl groups is 1. The molecule has 7 heteroatoms. The Hall–Kier alpha value is -4.00. The van der Waals surface area contributed by atoms with Crippen molar-refractivity contribution in [2.45, 2.75) is 19.3 Å². The predicted molar refractivity (Wildman–Crippen MR) is 119 cm³/mol. The molecule has 0 saturated carbocycles. The van der Waals surface area contributed by atoms with Gasteiger partial charge in [0.05, 0.1) is 21.8 Å². The van der Waals surface area contributed by atoms with Crippen LogP contribution in [0.4, 0.5) is 17.1 Å². The van der Waals surface area contributed by atoms with Crippen molar-refractivity contribution < 1.29 is 14.8 Å². The van der Waals surface area contributed by atoms with E-state index in [-0.39, 0.29) is 33.8 Å². The third-order valence-corrected chi connectivity index (χ3v) is 6.27. The fraction of sp³-hybridized carbons (Fsp3) is 0.167. The zero-order valence-corrected chi connectivity index (χ0v) is 17.2. The van der Waals surface area contributed by atoms with Crippen LogP contribution in [0.3, 0.4) is 0 Å². The smallest absolute Gasteiger partial charge is 0.270 e. The van der Waals surface area contributed by atoms with Gasteiger partial charge in [-0.25, -0.2) is 0 Å². The Kier molecular flexibility index (Phi) is 3.83. The van der Waals surface area contributed by atoms with Gasteiger partial charge in [0.25, 0.3) is 5.69 Å². The fourth-order valence-corrected chi connectivity index (χ4v) is 4.57. The Morgan fingerprint density at radius 3 is 2.61 bits per heavy atom. The van der Waals surface area contributed by atoms with Crippen molar-refractivity contribution >= 4 is 34.6 Å². The topological polar surface area (TPSA) is 96.0 Å². The number of para-hydroxylation sites is 1. The molecule has 0 saturated heterocycles. The largest absolute Gasteiger partial charge is 0.506 e. The number of anilines is 1. The van der Waals surface area contributed by atoms with Crippen LogP contribution in [0.5, 0.6) is 0 Å². The van der Waals surface area contributed by atoms with Gasteiger partial charge in [-0.3, -0.25) is 19.9 Å². The van der Waals surface area contributed by atoms with E-state index in [1.165, 1.54) is 24.4 Å². The molecule has 0 unspecified atom stereocenters. The number of rotatable bonds is 2. The Morgan fingerprint density at radius 2 is 1.94 bits per heavy atom. The van der Waals surface area contributed by atoms with Gasteiger partial charge in [-0.1, -0.05) is 32.0 Å². The van der Waals surface area contributed by atoms with Crippen LogP contribution in [0.2, 0.25) is 0 Å². The molecule has 3 aliphatic rings. The first kappa shape index (κ1) is 19.0. The summed E-state index contributed by atoms with van der Waals surface area (Å²) in [6.45, 7) is 4.17. The summed E-state index contributed by atoms with van der Waals surface area (Å²) in [6.07, 6.45) is 3.21. The molecular formula is C24H19N3O4. The van der Waals surface area contributed by atoms with Gasteiger partial charge in [0.15, 0.2) is 0 Å². The van der Waals surface area contributed by atoms with E-state index in [1.54, 1.807) is 6.08 Å². The van der Waals surface area contributed by atoms with Gasteiger partial charge in [0, 0.05) is 53.3 Å². The number of allylic oxidation sites excluding steroid dienone is 5. The first-order valence-electron chi connectivity index (χ1n) is 9.82. The molecule has 0 spiro atoms. The minimum atomic E-state index is -0.495. The van der Waals surface area contributed by atoms with Crippen LogP contribution in [-0.2, 0) is 10.2 Å². The summed E-state index contributed by atoms with van der Waals surface area (Å²) in [6, 6.07) is 12.3. The summed E-state index contributed by atoms with van der Waals surface area (Å²) in [5.41, 5.74) is 4.50. The molecule has 0 amide bonds. The van der Waals surface area contributed by atoms with Crippen molar-refractivity contribution in [1.29, 1.82) is 0 Å². The standard InChI is InChI=1S/C24H19N3O4/c1-24(2)17-6-4-5-7-19(17)26(3)20(24)11-15-22(28)21(23(15)29)16-12-25-18-9-8-13(27(30)31)10-14(16)18/h4-12,28H,1-3H3. The quantitative estimate of drug-likeness (QED) is 0.435. The number of Topliss-reactive ketones (excluding diaryl/α,β-unsaturated/α-hetero) is 1. The number of hydrogen-bond donors (Lipinski definition) is 1. The van der Waals surface area contributed by atoms with E-state index in [9.17, 15) is 20.0 Å². The first-order chi connectivity index (χ1) is 14.7. The normalized spacial score (nSPS) is 22.1. The van der Waals surface area contributed by atoms with Gasteiger partial charge >= 0.3 is 0 Å². The van der Waals surface area contributed by atoms with Crippen molar-refractivity contribution in [3.05, 3.63) is 92.4 Å². The third-order valence-electron chi connectivity index (χ3n) is 6.27. The van der Waals surface area contributed by atoms with Gasteiger partial charge in [-0.15, -0.1) is 0 Å². The van der Waals surface area contributed by atoms with Gasteiger partial charge in [0.1, 0.15) is 5.76 Å². The molecule has 0 radical (unpaired) electrons. The highest BCUT2D eigenvalue weighted by Gasteiger charge is 2.42. The highest BCUT2D eigenvalue weighted by atomic mass is 16.6. The molecule has 2 aromatic rings. The minimum absolute atomic E-state index is 0.0907. The number of likely N-dealkylation sites (N-methyl/N-ethyl adjacent to an activating group) is 1. The molecule has 7 nitrogen and oxygen atoms in total. The fourth-order valence-electron chi connectivity index (χ4n) is 4.57. The monoisotopic (exact) mass is 413 g/mol. The Balaban J connectivity index is 1.60. The number of nitro groups is 1. The van der Waals surface area contributed by atoms with E-state index in [0.717, 1.165) is 16.9 Å². The number of hydrogen-bond acceptors (Lipinski definition) is 6. The number of aliphatic imine (C=N–C) groups is 1. The van der Waals surface area contributed by atoms with Crippen molar-refractivity contribution in [3.8, 4) is 0 Å². The van der Waals surface area contributed by atoms with Crippen molar-refractivity contribution in [2.75, 3.05) is 11.9 Å². The number of carbonyl (C=O) groups is 1. The summed E-state index contributed by atoms with van der Waals surface area (Å²) in [7, 11) is 1.94. The summed E-state index contributed by atoms with van der Waals surface area (Å²) in [5.74, 6) is -0.413. The molecular weight excluding hydrogens is 394 g/mol. The molecule has 2 heterocycles. The molecule has 5 rings (SSSR count). The second kappa shape index (κ2) is 6.25. The van der Waals surface area contributed by atoms with Crippen LogP contribution in [0, 0.1) is 10.1 Å². The Bertz CT molecular complexity index is 1330. The van der Waals surface area contributed by atoms with Gasteiger partial charge < -0.3 is 10.0 Å². The number of fused-ring (bicyclic) bond motifs is 2. The predicted octanol–water partition coefficient (Wildman–Crippen LogP) is 4.77.